The van der Waals surface area contributed by atoms with Gasteiger partial charge in [-0.2, -0.15) is 0 Å². The molecule has 0 radical (unpaired) electrons. The lowest BCUT2D eigenvalue weighted by Crippen LogP contribution is -2.42. The van der Waals surface area contributed by atoms with E-state index in [0.717, 1.165) is 0 Å². The van der Waals surface area contributed by atoms with Crippen LogP contribution in [-0.4, -0.2) is 66.6 Å². The van der Waals surface area contributed by atoms with Crippen molar-refractivity contribution in [3.63, 3.8) is 0 Å². The van der Waals surface area contributed by atoms with Crippen molar-refractivity contribution in [1.82, 2.24) is 0 Å². The second kappa shape index (κ2) is 8.38. The van der Waals surface area contributed by atoms with Crippen LogP contribution in [0.15, 0.2) is 0 Å². The van der Waals surface area contributed by atoms with Crippen LogP contribution in [0.25, 0.3) is 0 Å². The summed E-state index contributed by atoms with van der Waals surface area (Å²) in [5.41, 5.74) is -2.74. The van der Waals surface area contributed by atoms with Crippen LogP contribution < -0.4 is 0 Å². The predicted octanol–water partition coefficient (Wildman–Crippen LogP) is -2.80. The fraction of sp³-hybridized carbons (Fsp3) is 0.500. The lowest BCUT2D eigenvalue weighted by Gasteiger charge is -2.18. The Kier molecular flexibility index (Phi) is 8.67. The molecule has 7 N–H and O–H groups in total. The Morgan fingerprint density at radius 3 is 1.39 bits per heavy atom. The standard InChI is InChI=1S/C6H8O7.BH3O4/c7-3(8)1-6(13,5(11)12)2-4(9)10;2-1(3)5-4/h13H,1-2H2,(H,7,8)(H,9,10)(H,11,12);2-4H. The van der Waals surface area contributed by atoms with Crippen molar-refractivity contribution in [2.45, 2.75) is 18.4 Å². The Balaban J connectivity index is 0. The molecule has 104 valence electrons. The quantitative estimate of drug-likeness (QED) is 0.149. The summed E-state index contributed by atoms with van der Waals surface area (Å²) >= 11 is 0. The van der Waals surface area contributed by atoms with Gasteiger partial charge in [0.25, 0.3) is 0 Å². The lowest BCUT2D eigenvalue weighted by atomic mass is 9.96. The molecule has 0 spiro atoms. The summed E-state index contributed by atoms with van der Waals surface area (Å²) < 4.78 is 0. The molecule has 0 heterocycles. The summed E-state index contributed by atoms with van der Waals surface area (Å²) in [5.74, 6) is -5.02. The fourth-order valence-corrected chi connectivity index (χ4v) is 0.714. The van der Waals surface area contributed by atoms with Crippen LogP contribution >= 0.6 is 0 Å². The Morgan fingerprint density at radius 2 is 1.28 bits per heavy atom. The molecule has 0 aromatic heterocycles. The average molecular weight is 270 g/mol. The Hall–Kier alpha value is -1.73. The van der Waals surface area contributed by atoms with E-state index in [-0.39, 0.29) is 0 Å². The summed E-state index contributed by atoms with van der Waals surface area (Å²) in [4.78, 5) is 33.3. The Labute approximate surface area is 99.6 Å². The van der Waals surface area contributed by atoms with E-state index in [1.807, 2.05) is 0 Å². The molecule has 0 aliphatic rings. The largest absolute Gasteiger partial charge is 0.662 e. The van der Waals surface area contributed by atoms with Gasteiger partial charge in [-0.15, -0.1) is 0 Å². The molecular formula is C6H11BO11. The van der Waals surface area contributed by atoms with E-state index < -0.39 is 43.7 Å². The number of hydrogen-bond acceptors (Lipinski definition) is 8. The summed E-state index contributed by atoms with van der Waals surface area (Å²) in [5, 5.41) is 55.8. The van der Waals surface area contributed by atoms with Gasteiger partial charge < -0.3 is 30.5 Å². The second-order valence-electron chi connectivity index (χ2n) is 2.91. The van der Waals surface area contributed by atoms with Crippen LogP contribution in [0, 0.1) is 0 Å². The molecule has 0 aliphatic heterocycles. The van der Waals surface area contributed by atoms with Crippen LogP contribution in [-0.2, 0) is 19.2 Å². The maximum Gasteiger partial charge on any atom is 0.662 e. The zero-order chi connectivity index (χ0) is 14.9. The van der Waals surface area contributed by atoms with E-state index in [2.05, 4.69) is 4.81 Å². The third kappa shape index (κ3) is 9.50. The third-order valence-electron chi connectivity index (χ3n) is 1.38. The second-order valence-corrected chi connectivity index (χ2v) is 2.91. The first kappa shape index (κ1) is 18.6. The van der Waals surface area contributed by atoms with E-state index in [9.17, 15) is 14.4 Å². The monoisotopic (exact) mass is 270 g/mol. The summed E-state index contributed by atoms with van der Waals surface area (Å²) in [6.45, 7) is 0. The van der Waals surface area contributed by atoms with Gasteiger partial charge in [-0.3, -0.25) is 14.8 Å². The molecule has 0 aromatic rings. The molecule has 12 heteroatoms. The minimum Gasteiger partial charge on any atom is -0.481 e. The van der Waals surface area contributed by atoms with Crippen LogP contribution in [0.3, 0.4) is 0 Å². The smallest absolute Gasteiger partial charge is 0.481 e. The number of aliphatic carboxylic acids is 3. The van der Waals surface area contributed by atoms with E-state index >= 15 is 0 Å². The van der Waals surface area contributed by atoms with E-state index in [0.29, 0.717) is 0 Å². The summed E-state index contributed by atoms with van der Waals surface area (Å²) in [6.07, 6.45) is -2.29. The molecular weight excluding hydrogens is 259 g/mol. The van der Waals surface area contributed by atoms with Crippen molar-refractivity contribution in [3.05, 3.63) is 0 Å². The van der Waals surface area contributed by atoms with Crippen molar-refractivity contribution in [3.8, 4) is 0 Å². The van der Waals surface area contributed by atoms with Crippen LogP contribution in [0.5, 0.6) is 0 Å². The first-order valence-corrected chi connectivity index (χ1v) is 4.11. The van der Waals surface area contributed by atoms with Gasteiger partial charge in [0.1, 0.15) is 0 Å². The fourth-order valence-electron chi connectivity index (χ4n) is 0.714. The molecule has 0 atom stereocenters. The molecule has 0 fully saturated rings. The molecule has 18 heavy (non-hydrogen) atoms. The molecule has 0 unspecified atom stereocenters. The Bertz CT molecular complexity index is 284. The topological polar surface area (TPSA) is 202 Å². The highest BCUT2D eigenvalue weighted by Crippen LogP contribution is 2.15. The maximum atomic E-state index is 10.3. The molecule has 0 aliphatic carbocycles. The van der Waals surface area contributed by atoms with Crippen molar-refractivity contribution >= 4 is 25.2 Å². The SMILES string of the molecule is O=C(O)CC(O)(CC(=O)O)C(=O)O.OOB(O)O. The van der Waals surface area contributed by atoms with Gasteiger partial charge in [0.15, 0.2) is 5.60 Å². The number of hydrogen-bond donors (Lipinski definition) is 7. The molecule has 0 rings (SSSR count). The van der Waals surface area contributed by atoms with Gasteiger partial charge >= 0.3 is 25.2 Å². The van der Waals surface area contributed by atoms with Crippen molar-refractivity contribution in [1.29, 1.82) is 0 Å². The average Bonchev–Trinajstić information content (AvgIpc) is 2.15. The van der Waals surface area contributed by atoms with Crippen molar-refractivity contribution in [2.75, 3.05) is 0 Å². The highest BCUT2D eigenvalue weighted by molar-refractivity contribution is 6.32. The number of carbonyl (C=O) groups is 3. The van der Waals surface area contributed by atoms with Gasteiger partial charge in [-0.25, -0.2) is 9.60 Å². The van der Waals surface area contributed by atoms with Gasteiger partial charge in [-0.05, 0) is 0 Å². The number of carboxylic acid groups (broad SMARTS) is 3. The highest BCUT2D eigenvalue weighted by atomic mass is 17.1. The van der Waals surface area contributed by atoms with E-state index in [4.69, 9.17) is 35.7 Å². The number of rotatable bonds is 6. The minimum atomic E-state index is -2.74. The molecule has 0 aromatic carbocycles. The molecule has 11 nitrogen and oxygen atoms in total. The number of carboxylic acids is 3. The Morgan fingerprint density at radius 1 is 1.00 bits per heavy atom. The van der Waals surface area contributed by atoms with Crippen molar-refractivity contribution < 1.29 is 54.9 Å². The molecule has 0 bridgehead atoms. The molecule has 0 saturated heterocycles. The normalized spacial score (nSPS) is 10.0. The highest BCUT2D eigenvalue weighted by Gasteiger charge is 2.40. The van der Waals surface area contributed by atoms with Gasteiger partial charge in [0, 0.05) is 0 Å². The first-order chi connectivity index (χ1) is 8.05. The zero-order valence-electron chi connectivity index (χ0n) is 8.76. The number of aliphatic hydroxyl groups is 1. The van der Waals surface area contributed by atoms with Crippen molar-refractivity contribution in [2.24, 2.45) is 0 Å². The van der Waals surface area contributed by atoms with Crippen LogP contribution in [0.1, 0.15) is 12.8 Å². The predicted molar refractivity (Wildman–Crippen MR) is 51.0 cm³/mol. The van der Waals surface area contributed by atoms with Gasteiger partial charge in [-0.1, -0.05) is 0 Å². The zero-order valence-corrected chi connectivity index (χ0v) is 8.76. The summed E-state index contributed by atoms with van der Waals surface area (Å²) in [7, 11) is -2.06. The lowest BCUT2D eigenvalue weighted by molar-refractivity contribution is -0.173. The molecule has 0 saturated carbocycles. The summed E-state index contributed by atoms with van der Waals surface area (Å²) in [6, 6.07) is 0. The molecule has 0 amide bonds. The maximum absolute atomic E-state index is 10.3. The van der Waals surface area contributed by atoms with Gasteiger partial charge in [0.05, 0.1) is 12.8 Å². The third-order valence-corrected chi connectivity index (χ3v) is 1.38. The minimum absolute atomic E-state index is 1.14. The van der Waals surface area contributed by atoms with E-state index in [1.165, 1.54) is 0 Å². The van der Waals surface area contributed by atoms with Crippen LogP contribution in [0.2, 0.25) is 0 Å². The van der Waals surface area contributed by atoms with Crippen LogP contribution in [0.4, 0.5) is 0 Å². The first-order valence-electron chi connectivity index (χ1n) is 4.11. The van der Waals surface area contributed by atoms with Gasteiger partial charge in [0.2, 0.25) is 0 Å². The van der Waals surface area contributed by atoms with E-state index in [1.54, 1.807) is 0 Å².